The van der Waals surface area contributed by atoms with E-state index in [-0.39, 0.29) is 31.1 Å². The summed E-state index contributed by atoms with van der Waals surface area (Å²) in [6.07, 6.45) is 40.9. The Hall–Kier alpha value is -1.59. The topological polar surface area (TPSA) is 78.9 Å². The van der Waals surface area contributed by atoms with Crippen molar-refractivity contribution in [1.29, 1.82) is 0 Å². The van der Waals surface area contributed by atoms with Gasteiger partial charge in [-0.2, -0.15) is 0 Å². The normalized spacial score (nSPS) is 11.9. The van der Waals surface area contributed by atoms with Crippen LogP contribution in [0.15, 0.2) is 0 Å². The van der Waals surface area contributed by atoms with E-state index in [2.05, 4.69) is 27.7 Å². The zero-order valence-electron chi connectivity index (χ0n) is 36.0. The Morgan fingerprint density at radius 3 is 0.925 bits per heavy atom. The number of unbranched alkanes of at least 4 members (excludes halogenated alkanes) is 29. The predicted octanol–water partition coefficient (Wildman–Crippen LogP) is 14.7. The van der Waals surface area contributed by atoms with E-state index in [0.717, 1.165) is 63.7 Å². The minimum absolute atomic E-state index is 0.0638. The van der Waals surface area contributed by atoms with E-state index in [0.29, 0.717) is 19.3 Å². The average molecular weight is 751 g/mol. The zero-order chi connectivity index (χ0) is 38.9. The van der Waals surface area contributed by atoms with Crippen molar-refractivity contribution in [1.82, 2.24) is 0 Å². The summed E-state index contributed by atoms with van der Waals surface area (Å²) in [6, 6.07) is 0. The van der Waals surface area contributed by atoms with Crippen LogP contribution < -0.4 is 0 Å². The summed E-state index contributed by atoms with van der Waals surface area (Å²) in [7, 11) is 0. The first-order valence-corrected chi connectivity index (χ1v) is 23.4. The van der Waals surface area contributed by atoms with E-state index in [1.807, 2.05) is 0 Å². The molecule has 0 aromatic carbocycles. The van der Waals surface area contributed by atoms with Crippen molar-refractivity contribution in [3.05, 3.63) is 0 Å². The molecule has 0 saturated heterocycles. The van der Waals surface area contributed by atoms with Crippen LogP contribution in [0.1, 0.15) is 259 Å². The molecule has 314 valence electrons. The fourth-order valence-corrected chi connectivity index (χ4v) is 6.98. The number of carbonyl (C=O) groups is 3. The van der Waals surface area contributed by atoms with Gasteiger partial charge in [-0.25, -0.2) is 0 Å². The number of hydrogen-bond acceptors (Lipinski definition) is 6. The summed E-state index contributed by atoms with van der Waals surface area (Å²) in [6.45, 7) is 8.97. The summed E-state index contributed by atoms with van der Waals surface area (Å²) in [5.74, 6) is -0.0185. The number of esters is 3. The Balaban J connectivity index is 4.23. The summed E-state index contributed by atoms with van der Waals surface area (Å²) in [5.41, 5.74) is 0. The van der Waals surface area contributed by atoms with Crippen LogP contribution in [0.5, 0.6) is 0 Å². The van der Waals surface area contributed by atoms with Gasteiger partial charge in [0, 0.05) is 19.3 Å². The molecule has 0 heterocycles. The Morgan fingerprint density at radius 2 is 0.623 bits per heavy atom. The third-order valence-electron chi connectivity index (χ3n) is 10.5. The van der Waals surface area contributed by atoms with Crippen LogP contribution in [0.4, 0.5) is 0 Å². The van der Waals surface area contributed by atoms with Crippen LogP contribution >= 0.6 is 0 Å². The molecule has 0 aliphatic rings. The summed E-state index contributed by atoms with van der Waals surface area (Å²) in [5, 5.41) is 0. The second-order valence-corrected chi connectivity index (χ2v) is 16.5. The van der Waals surface area contributed by atoms with E-state index in [4.69, 9.17) is 14.2 Å². The third kappa shape index (κ3) is 41.4. The van der Waals surface area contributed by atoms with Crippen LogP contribution in [0.3, 0.4) is 0 Å². The molecule has 0 radical (unpaired) electrons. The predicted molar refractivity (Wildman–Crippen MR) is 224 cm³/mol. The molecule has 0 fully saturated rings. The van der Waals surface area contributed by atoms with E-state index in [1.165, 1.54) is 154 Å². The van der Waals surface area contributed by atoms with Gasteiger partial charge in [-0.3, -0.25) is 14.4 Å². The highest BCUT2D eigenvalue weighted by atomic mass is 16.6. The van der Waals surface area contributed by atoms with Gasteiger partial charge in [0.25, 0.3) is 0 Å². The van der Waals surface area contributed by atoms with E-state index < -0.39 is 6.10 Å². The molecular weight excluding hydrogens is 661 g/mol. The second kappa shape index (κ2) is 41.6. The molecule has 6 nitrogen and oxygen atoms in total. The molecule has 0 aliphatic carbocycles. The van der Waals surface area contributed by atoms with Crippen molar-refractivity contribution >= 4 is 17.9 Å². The number of carbonyl (C=O) groups excluding carboxylic acids is 3. The lowest BCUT2D eigenvalue weighted by atomic mass is 10.0. The number of rotatable bonds is 42. The summed E-state index contributed by atoms with van der Waals surface area (Å²) in [4.78, 5) is 37.6. The summed E-state index contributed by atoms with van der Waals surface area (Å²) >= 11 is 0. The van der Waals surface area contributed by atoms with Crippen molar-refractivity contribution in [2.24, 2.45) is 5.92 Å². The molecule has 0 amide bonds. The maximum absolute atomic E-state index is 12.7. The van der Waals surface area contributed by atoms with E-state index in [1.54, 1.807) is 0 Å². The Bertz CT molecular complexity index is 796. The smallest absolute Gasteiger partial charge is 0.306 e. The van der Waals surface area contributed by atoms with Crippen LogP contribution in [-0.4, -0.2) is 37.2 Å². The second-order valence-electron chi connectivity index (χ2n) is 16.5. The Morgan fingerprint density at radius 1 is 0.358 bits per heavy atom. The summed E-state index contributed by atoms with van der Waals surface area (Å²) < 4.78 is 16.7. The molecule has 0 saturated carbocycles. The molecule has 0 aliphatic heterocycles. The van der Waals surface area contributed by atoms with Gasteiger partial charge in [0.1, 0.15) is 13.2 Å². The van der Waals surface area contributed by atoms with Crippen LogP contribution in [-0.2, 0) is 28.6 Å². The monoisotopic (exact) mass is 751 g/mol. The molecule has 0 rings (SSSR count). The fraction of sp³-hybridized carbons (Fsp3) is 0.936. The van der Waals surface area contributed by atoms with Gasteiger partial charge in [0.2, 0.25) is 0 Å². The minimum atomic E-state index is -0.758. The fourth-order valence-electron chi connectivity index (χ4n) is 6.98. The zero-order valence-corrected chi connectivity index (χ0v) is 36.0. The first kappa shape index (κ1) is 51.4. The lowest BCUT2D eigenvalue weighted by molar-refractivity contribution is -0.167. The first-order valence-electron chi connectivity index (χ1n) is 23.4. The maximum Gasteiger partial charge on any atom is 0.306 e. The lowest BCUT2D eigenvalue weighted by Gasteiger charge is -2.18. The maximum atomic E-state index is 12.7. The molecule has 0 N–H and O–H groups in total. The highest BCUT2D eigenvalue weighted by Crippen LogP contribution is 2.16. The van der Waals surface area contributed by atoms with Crippen molar-refractivity contribution in [2.45, 2.75) is 265 Å². The molecule has 0 aromatic rings. The van der Waals surface area contributed by atoms with Gasteiger partial charge >= 0.3 is 17.9 Å². The van der Waals surface area contributed by atoms with Crippen molar-refractivity contribution in [3.8, 4) is 0 Å². The largest absolute Gasteiger partial charge is 0.462 e. The quantitative estimate of drug-likeness (QED) is 0.0351. The highest BCUT2D eigenvalue weighted by Gasteiger charge is 2.19. The Labute approximate surface area is 329 Å². The van der Waals surface area contributed by atoms with E-state index in [9.17, 15) is 14.4 Å². The van der Waals surface area contributed by atoms with Gasteiger partial charge in [0.05, 0.1) is 0 Å². The highest BCUT2D eigenvalue weighted by molar-refractivity contribution is 5.71. The van der Waals surface area contributed by atoms with Gasteiger partial charge in [-0.05, 0) is 25.2 Å². The van der Waals surface area contributed by atoms with Gasteiger partial charge in [-0.1, -0.05) is 220 Å². The van der Waals surface area contributed by atoms with Crippen LogP contribution in [0.2, 0.25) is 0 Å². The van der Waals surface area contributed by atoms with Crippen molar-refractivity contribution in [3.63, 3.8) is 0 Å². The molecule has 0 aromatic heterocycles. The Kier molecular flexibility index (Phi) is 40.3. The average Bonchev–Trinajstić information content (AvgIpc) is 3.14. The van der Waals surface area contributed by atoms with Crippen molar-refractivity contribution in [2.75, 3.05) is 13.2 Å². The van der Waals surface area contributed by atoms with Crippen molar-refractivity contribution < 1.29 is 28.6 Å². The molecule has 0 spiro atoms. The van der Waals surface area contributed by atoms with Gasteiger partial charge < -0.3 is 14.2 Å². The molecule has 0 bridgehead atoms. The molecule has 1 atom stereocenters. The third-order valence-corrected chi connectivity index (χ3v) is 10.5. The minimum Gasteiger partial charge on any atom is -0.462 e. The standard InChI is InChI=1S/C47H90O6/c1-5-7-9-11-13-14-15-20-24-28-32-36-40-47(50)53-44(41-51-45(48)38-34-30-25-12-10-8-6-2)42-52-46(49)39-35-31-27-23-21-18-16-17-19-22-26-29-33-37-43(3)4/h43-44H,5-42H2,1-4H3/t44-/m0/s1. The number of ether oxygens (including phenoxy) is 3. The molecule has 6 heteroatoms. The SMILES string of the molecule is CCCCCCCCCCCCCCC(=O)O[C@@H](COC(=O)CCCCCCCCC)COC(=O)CCCCCCCCCCCCCCCC(C)C. The van der Waals surface area contributed by atoms with Crippen LogP contribution in [0.25, 0.3) is 0 Å². The van der Waals surface area contributed by atoms with Crippen LogP contribution in [0, 0.1) is 5.92 Å². The lowest BCUT2D eigenvalue weighted by Crippen LogP contribution is -2.30. The van der Waals surface area contributed by atoms with Gasteiger partial charge in [0.15, 0.2) is 6.10 Å². The first-order chi connectivity index (χ1) is 25.9. The molecular formula is C47H90O6. The molecule has 0 unspecified atom stereocenters. The number of hydrogen-bond donors (Lipinski definition) is 0. The molecule has 53 heavy (non-hydrogen) atoms. The van der Waals surface area contributed by atoms with Gasteiger partial charge in [-0.15, -0.1) is 0 Å². The van der Waals surface area contributed by atoms with E-state index >= 15 is 0 Å².